The number of urea groups is 1. The number of amides is 3. The van der Waals surface area contributed by atoms with E-state index < -0.39 is 0 Å². The molecule has 6 nitrogen and oxygen atoms in total. The highest BCUT2D eigenvalue weighted by molar-refractivity contribution is 5.88. The summed E-state index contributed by atoms with van der Waals surface area (Å²) in [7, 11) is 0. The number of hydrogen-bond donors (Lipinski definition) is 2. The molecule has 0 aliphatic carbocycles. The molecule has 2 unspecified atom stereocenters. The van der Waals surface area contributed by atoms with Crippen molar-refractivity contribution in [2.45, 2.75) is 18.5 Å². The second kappa shape index (κ2) is 4.65. The van der Waals surface area contributed by atoms with Crippen molar-refractivity contribution in [1.82, 2.24) is 15.1 Å². The zero-order chi connectivity index (χ0) is 14.4. The fourth-order valence-electron chi connectivity index (χ4n) is 3.47. The van der Waals surface area contributed by atoms with E-state index in [0.29, 0.717) is 26.2 Å². The summed E-state index contributed by atoms with van der Waals surface area (Å²) in [4.78, 5) is 28.0. The molecule has 1 aromatic rings. The summed E-state index contributed by atoms with van der Waals surface area (Å²) in [6, 6.07) is 8.01. The molecule has 110 valence electrons. The maximum absolute atomic E-state index is 12.7. The molecule has 0 saturated carbocycles. The van der Waals surface area contributed by atoms with Crippen molar-refractivity contribution in [3.05, 3.63) is 29.8 Å². The summed E-state index contributed by atoms with van der Waals surface area (Å²) in [5.41, 5.74) is 2.26. The first-order chi connectivity index (χ1) is 10.2. The van der Waals surface area contributed by atoms with E-state index in [9.17, 15) is 9.59 Å². The molecule has 2 N–H and O–H groups in total. The van der Waals surface area contributed by atoms with Crippen molar-refractivity contribution in [3.63, 3.8) is 0 Å². The fourth-order valence-corrected chi connectivity index (χ4v) is 3.47. The van der Waals surface area contributed by atoms with Crippen LogP contribution in [0.1, 0.15) is 5.56 Å². The second-order valence-electron chi connectivity index (χ2n) is 5.88. The van der Waals surface area contributed by atoms with Crippen LogP contribution >= 0.6 is 0 Å². The third-order valence-electron chi connectivity index (χ3n) is 4.61. The average molecular weight is 286 g/mol. The lowest BCUT2D eigenvalue weighted by molar-refractivity contribution is -0.134. The van der Waals surface area contributed by atoms with Gasteiger partial charge in [0.25, 0.3) is 0 Å². The Morgan fingerprint density at radius 1 is 1.24 bits per heavy atom. The van der Waals surface area contributed by atoms with Crippen molar-refractivity contribution in [2.24, 2.45) is 0 Å². The highest BCUT2D eigenvalue weighted by atomic mass is 16.2. The number of anilines is 1. The van der Waals surface area contributed by atoms with E-state index in [1.54, 1.807) is 0 Å². The number of para-hydroxylation sites is 1. The lowest BCUT2D eigenvalue weighted by Crippen LogP contribution is -2.56. The molecule has 6 heteroatoms. The molecule has 0 bridgehead atoms. The first-order valence-electron chi connectivity index (χ1n) is 7.40. The van der Waals surface area contributed by atoms with Crippen molar-refractivity contribution >= 4 is 17.6 Å². The minimum absolute atomic E-state index is 0.00139. The molecule has 0 radical (unpaired) electrons. The number of nitrogens with zero attached hydrogens (tertiary/aromatic N) is 2. The van der Waals surface area contributed by atoms with Crippen LogP contribution in [0.15, 0.2) is 24.3 Å². The number of carbonyl (C=O) groups is 2. The smallest absolute Gasteiger partial charge is 0.317 e. The number of hydrogen-bond acceptors (Lipinski definition) is 3. The van der Waals surface area contributed by atoms with E-state index >= 15 is 0 Å². The topological polar surface area (TPSA) is 64.7 Å². The molecule has 21 heavy (non-hydrogen) atoms. The van der Waals surface area contributed by atoms with E-state index in [1.807, 2.05) is 28.0 Å². The summed E-state index contributed by atoms with van der Waals surface area (Å²) in [6.07, 6.45) is 0.747. The zero-order valence-electron chi connectivity index (χ0n) is 11.7. The number of benzene rings is 1. The molecule has 2 fully saturated rings. The average Bonchev–Trinajstić information content (AvgIpc) is 3.10. The van der Waals surface area contributed by atoms with Gasteiger partial charge in [-0.1, -0.05) is 18.2 Å². The van der Waals surface area contributed by atoms with Crippen molar-refractivity contribution in [3.8, 4) is 0 Å². The number of rotatable bonds is 1. The second-order valence-corrected chi connectivity index (χ2v) is 5.88. The van der Waals surface area contributed by atoms with Gasteiger partial charge in [-0.05, 0) is 11.6 Å². The van der Waals surface area contributed by atoms with Gasteiger partial charge in [0.1, 0.15) is 6.04 Å². The van der Waals surface area contributed by atoms with Gasteiger partial charge in [0.15, 0.2) is 0 Å². The van der Waals surface area contributed by atoms with Crippen LogP contribution < -0.4 is 10.6 Å². The Labute approximate surface area is 123 Å². The molecule has 3 aliphatic rings. The van der Waals surface area contributed by atoms with Gasteiger partial charge < -0.3 is 20.4 Å². The largest absolute Gasteiger partial charge is 0.373 e. The van der Waals surface area contributed by atoms with Crippen molar-refractivity contribution in [1.29, 1.82) is 0 Å². The van der Waals surface area contributed by atoms with E-state index in [-0.39, 0.29) is 24.0 Å². The summed E-state index contributed by atoms with van der Waals surface area (Å²) in [6.45, 7) is 2.52. The lowest BCUT2D eigenvalue weighted by Gasteiger charge is -2.37. The predicted molar refractivity (Wildman–Crippen MR) is 78.0 cm³/mol. The molecule has 2 saturated heterocycles. The van der Waals surface area contributed by atoms with E-state index in [4.69, 9.17) is 0 Å². The normalized spacial score (nSPS) is 27.0. The van der Waals surface area contributed by atoms with Crippen LogP contribution in [-0.2, 0) is 11.2 Å². The Bertz CT molecular complexity index is 578. The van der Waals surface area contributed by atoms with Gasteiger partial charge in [-0.2, -0.15) is 0 Å². The Hall–Kier alpha value is -2.24. The molecule has 3 heterocycles. The number of carbonyl (C=O) groups excluding carboxylic acids is 2. The van der Waals surface area contributed by atoms with Crippen LogP contribution in [-0.4, -0.2) is 60.0 Å². The lowest BCUT2D eigenvalue weighted by atomic mass is 10.1. The Morgan fingerprint density at radius 3 is 2.95 bits per heavy atom. The highest BCUT2D eigenvalue weighted by Crippen LogP contribution is 2.26. The Kier molecular flexibility index (Phi) is 2.77. The third-order valence-corrected chi connectivity index (χ3v) is 4.61. The zero-order valence-corrected chi connectivity index (χ0v) is 11.7. The third kappa shape index (κ3) is 2.02. The minimum atomic E-state index is -0.168. The van der Waals surface area contributed by atoms with Gasteiger partial charge in [-0.3, -0.25) is 4.79 Å². The Morgan fingerprint density at radius 2 is 2.10 bits per heavy atom. The van der Waals surface area contributed by atoms with Crippen LogP contribution in [0.4, 0.5) is 10.5 Å². The van der Waals surface area contributed by atoms with Crippen LogP contribution in [0.5, 0.6) is 0 Å². The number of nitrogens with one attached hydrogen (secondary N) is 2. The molecule has 0 aromatic heterocycles. The molecular formula is C15H18N4O2. The molecule has 4 rings (SSSR count). The SMILES string of the molecule is O=C(C1Cc2ccccc2N1)N1CCN2C(=O)NCC2C1. The maximum atomic E-state index is 12.7. The van der Waals surface area contributed by atoms with E-state index in [1.165, 1.54) is 5.56 Å². The number of fused-ring (bicyclic) bond motifs is 2. The quantitative estimate of drug-likeness (QED) is 0.778. The molecular weight excluding hydrogens is 268 g/mol. The maximum Gasteiger partial charge on any atom is 0.317 e. The molecule has 1 aromatic carbocycles. The van der Waals surface area contributed by atoms with E-state index in [0.717, 1.165) is 12.1 Å². The molecule has 0 spiro atoms. The summed E-state index contributed by atoms with van der Waals surface area (Å²) < 4.78 is 0. The monoisotopic (exact) mass is 286 g/mol. The molecule has 3 aliphatic heterocycles. The van der Waals surface area contributed by atoms with Gasteiger partial charge in [0.05, 0.1) is 6.04 Å². The van der Waals surface area contributed by atoms with Crippen molar-refractivity contribution < 1.29 is 9.59 Å². The Balaban J connectivity index is 1.44. The first-order valence-corrected chi connectivity index (χ1v) is 7.40. The molecule has 3 amide bonds. The molecule has 2 atom stereocenters. The van der Waals surface area contributed by atoms with Gasteiger partial charge in [-0.15, -0.1) is 0 Å². The summed E-state index contributed by atoms with van der Waals surface area (Å²) in [5.74, 6) is 0.144. The van der Waals surface area contributed by atoms with Gasteiger partial charge in [0.2, 0.25) is 5.91 Å². The van der Waals surface area contributed by atoms with Crippen molar-refractivity contribution in [2.75, 3.05) is 31.5 Å². The summed E-state index contributed by atoms with van der Waals surface area (Å²) >= 11 is 0. The fraction of sp³-hybridized carbons (Fsp3) is 0.467. The first kappa shape index (κ1) is 12.5. The minimum Gasteiger partial charge on any atom is -0.373 e. The standard InChI is InChI=1S/C15H18N4O2/c20-14(13-7-10-3-1-2-4-12(10)17-13)18-5-6-19-11(9-18)8-16-15(19)21/h1-4,11,13,17H,5-9H2,(H,16,21). The number of piperazine rings is 1. The van der Waals surface area contributed by atoms with Crippen LogP contribution in [0.2, 0.25) is 0 Å². The van der Waals surface area contributed by atoms with Gasteiger partial charge >= 0.3 is 6.03 Å². The van der Waals surface area contributed by atoms with Gasteiger partial charge in [0, 0.05) is 38.3 Å². The van der Waals surface area contributed by atoms with E-state index in [2.05, 4.69) is 16.7 Å². The van der Waals surface area contributed by atoms with Crippen LogP contribution in [0.3, 0.4) is 0 Å². The van der Waals surface area contributed by atoms with Gasteiger partial charge in [-0.25, -0.2) is 4.79 Å². The van der Waals surface area contributed by atoms with Crippen LogP contribution in [0, 0.1) is 0 Å². The van der Waals surface area contributed by atoms with Crippen LogP contribution in [0.25, 0.3) is 0 Å². The highest BCUT2D eigenvalue weighted by Gasteiger charge is 2.39. The predicted octanol–water partition coefficient (Wildman–Crippen LogP) is 0.259. The summed E-state index contributed by atoms with van der Waals surface area (Å²) in [5, 5.41) is 6.15.